The number of hydrogen-bond acceptors (Lipinski definition) is 12. The number of nitrogens with two attached hydrogens (primary N) is 2. The number of carboxylic acid groups (broad SMARTS) is 1. The van der Waals surface area contributed by atoms with E-state index < -0.39 is 66.1 Å². The third-order valence-electron chi connectivity index (χ3n) is 6.24. The van der Waals surface area contributed by atoms with Gasteiger partial charge in [-0.15, -0.1) is 0 Å². The molecule has 1 aliphatic heterocycles. The minimum Gasteiger partial charge on any atom is -0.481 e. The second kappa shape index (κ2) is 16.7. The van der Waals surface area contributed by atoms with Gasteiger partial charge in [0.05, 0.1) is 31.6 Å². The first-order valence-electron chi connectivity index (χ1n) is 13.2. The van der Waals surface area contributed by atoms with Crippen LogP contribution in [0.3, 0.4) is 0 Å². The Morgan fingerprint density at radius 3 is 2.50 bits per heavy atom. The summed E-state index contributed by atoms with van der Waals surface area (Å²) in [4.78, 5) is 80.5. The van der Waals surface area contributed by atoms with E-state index in [1.165, 1.54) is 36.0 Å². The molecule has 1 unspecified atom stereocenters. The van der Waals surface area contributed by atoms with Crippen LogP contribution >= 0.6 is 11.8 Å². The summed E-state index contributed by atoms with van der Waals surface area (Å²) in [7, 11) is 1.53. The van der Waals surface area contributed by atoms with E-state index in [1.807, 2.05) is 0 Å². The van der Waals surface area contributed by atoms with Crippen molar-refractivity contribution in [3.63, 3.8) is 0 Å². The summed E-state index contributed by atoms with van der Waals surface area (Å²) in [6, 6.07) is 2.89. The molecular weight excluding hydrogens is 568 g/mol. The number of carbonyl (C=O) groups excluding carboxylic acids is 5. The van der Waals surface area contributed by atoms with E-state index in [9.17, 15) is 33.9 Å². The van der Waals surface area contributed by atoms with Crippen LogP contribution in [0.4, 0.5) is 0 Å². The molecule has 0 saturated heterocycles. The lowest BCUT2D eigenvalue weighted by Gasteiger charge is -2.32. The van der Waals surface area contributed by atoms with Crippen molar-refractivity contribution in [1.29, 1.82) is 0 Å². The Morgan fingerprint density at radius 2 is 1.86 bits per heavy atom. The predicted molar refractivity (Wildman–Crippen MR) is 156 cm³/mol. The third kappa shape index (κ3) is 10.6. The van der Waals surface area contributed by atoms with Crippen molar-refractivity contribution in [3.8, 4) is 0 Å². The van der Waals surface area contributed by atoms with Crippen molar-refractivity contribution in [2.45, 2.75) is 44.9 Å². The molecule has 2 bridgehead atoms. The van der Waals surface area contributed by atoms with Gasteiger partial charge in [-0.25, -0.2) is 15.9 Å². The number of thioether (sulfide) groups is 1. The number of carbonyl (C=O) groups is 6. The van der Waals surface area contributed by atoms with E-state index in [4.69, 9.17) is 11.5 Å². The van der Waals surface area contributed by atoms with Gasteiger partial charge in [-0.2, -0.15) is 11.8 Å². The van der Waals surface area contributed by atoms with Gasteiger partial charge < -0.3 is 21.9 Å². The van der Waals surface area contributed by atoms with Crippen LogP contribution in [0.5, 0.6) is 0 Å². The highest BCUT2D eigenvalue weighted by atomic mass is 32.2. The van der Waals surface area contributed by atoms with Crippen molar-refractivity contribution in [2.24, 2.45) is 22.4 Å². The molecule has 2 rings (SSSR count). The van der Waals surface area contributed by atoms with Crippen molar-refractivity contribution < 1.29 is 33.9 Å². The Labute approximate surface area is 247 Å². The Morgan fingerprint density at radius 1 is 1.14 bits per heavy atom. The Balaban J connectivity index is 2.42. The Kier molecular flexibility index (Phi) is 13.7. The molecular formula is C26H38N8O7S. The number of fused-ring (bicyclic) bond motifs is 2. The fourth-order valence-corrected chi connectivity index (χ4v) is 4.94. The summed E-state index contributed by atoms with van der Waals surface area (Å²) in [6.45, 7) is 3.17. The number of hydrogen-bond donors (Lipinski definition) is 7. The van der Waals surface area contributed by atoms with Crippen molar-refractivity contribution in [3.05, 3.63) is 35.4 Å². The first-order chi connectivity index (χ1) is 19.8. The highest BCUT2D eigenvalue weighted by Gasteiger charge is 2.34. The van der Waals surface area contributed by atoms with Crippen LogP contribution in [-0.2, 0) is 30.5 Å². The number of hydrazine groups is 2. The van der Waals surface area contributed by atoms with E-state index in [1.54, 1.807) is 26.0 Å². The largest absolute Gasteiger partial charge is 0.481 e. The molecule has 230 valence electrons. The van der Waals surface area contributed by atoms with E-state index in [-0.39, 0.29) is 36.3 Å². The fourth-order valence-electron chi connectivity index (χ4n) is 3.95. The molecule has 1 amide bonds. The minimum absolute atomic E-state index is 0.0424. The van der Waals surface area contributed by atoms with Crippen LogP contribution in [-0.4, -0.2) is 101 Å². The zero-order valence-electron chi connectivity index (χ0n) is 23.7. The average Bonchev–Trinajstić information content (AvgIpc) is 2.93. The summed E-state index contributed by atoms with van der Waals surface area (Å²) in [5.41, 5.74) is 19.6. The zero-order valence-corrected chi connectivity index (χ0v) is 24.5. The van der Waals surface area contributed by atoms with E-state index in [0.29, 0.717) is 11.3 Å². The number of Topliss-reactive ketones (excluding diaryl/α,β-unsaturated/α-hetero) is 4. The maximum Gasteiger partial charge on any atom is 0.305 e. The smallest absolute Gasteiger partial charge is 0.305 e. The number of nitrogens with one attached hydrogen (secondary N) is 4. The summed E-state index contributed by atoms with van der Waals surface area (Å²) in [5.74, 6) is -5.24. The lowest BCUT2D eigenvalue weighted by molar-refractivity contribution is -0.142. The first kappa shape index (κ1) is 34.5. The van der Waals surface area contributed by atoms with Crippen molar-refractivity contribution in [2.75, 3.05) is 31.6 Å². The van der Waals surface area contributed by atoms with Gasteiger partial charge in [0.15, 0.2) is 5.96 Å². The molecule has 0 spiro atoms. The minimum atomic E-state index is -1.42. The molecule has 0 aliphatic carbocycles. The molecule has 42 heavy (non-hydrogen) atoms. The van der Waals surface area contributed by atoms with Gasteiger partial charge in [-0.3, -0.25) is 39.2 Å². The number of guanidine groups is 1. The molecule has 0 radical (unpaired) electrons. The maximum absolute atomic E-state index is 13.4. The molecule has 1 aromatic rings. The second-order valence-electron chi connectivity index (χ2n) is 9.91. The molecule has 15 nitrogen and oxygen atoms in total. The fraction of sp³-hybridized carbons (Fsp3) is 0.500. The monoisotopic (exact) mass is 606 g/mol. The van der Waals surface area contributed by atoms with E-state index in [2.05, 4.69) is 26.6 Å². The Bertz CT molecular complexity index is 1200. The SMILES string of the molecule is CC(C)[C@@H]1NN(C)C(CSCCN=C(N)N)C(=O)NCC(=O)C(=O)[C@H](CC(=O)O)NNCc2cccc(c2)C(=O)C1=O. The molecule has 3 atom stereocenters. The van der Waals surface area contributed by atoms with Gasteiger partial charge in [-0.05, 0) is 17.5 Å². The molecule has 1 heterocycles. The van der Waals surface area contributed by atoms with Crippen LogP contribution in [0.25, 0.3) is 0 Å². The van der Waals surface area contributed by atoms with Crippen LogP contribution in [0.1, 0.15) is 36.2 Å². The van der Waals surface area contributed by atoms with Crippen LogP contribution in [0, 0.1) is 5.92 Å². The molecule has 1 aliphatic rings. The highest BCUT2D eigenvalue weighted by molar-refractivity contribution is 7.99. The predicted octanol–water partition coefficient (Wildman–Crippen LogP) is -2.02. The lowest BCUT2D eigenvalue weighted by Crippen LogP contribution is -2.59. The van der Waals surface area contributed by atoms with Gasteiger partial charge in [-0.1, -0.05) is 32.0 Å². The maximum atomic E-state index is 13.4. The molecule has 0 saturated carbocycles. The second-order valence-corrected chi connectivity index (χ2v) is 11.1. The number of amides is 1. The van der Waals surface area contributed by atoms with E-state index >= 15 is 0 Å². The number of ketones is 4. The van der Waals surface area contributed by atoms with Gasteiger partial charge in [0.1, 0.15) is 6.04 Å². The molecule has 16 heteroatoms. The van der Waals surface area contributed by atoms with Crippen molar-refractivity contribution >= 4 is 52.7 Å². The Hall–Kier alpha value is -3.70. The van der Waals surface area contributed by atoms with Crippen LogP contribution in [0.15, 0.2) is 29.3 Å². The van der Waals surface area contributed by atoms with Gasteiger partial charge in [0, 0.05) is 30.7 Å². The zero-order chi connectivity index (χ0) is 31.4. The highest BCUT2D eigenvalue weighted by Crippen LogP contribution is 2.14. The normalized spacial score (nSPS) is 21.9. The summed E-state index contributed by atoms with van der Waals surface area (Å²) in [5, 5.41) is 13.1. The number of nitrogens with zero attached hydrogens (tertiary/aromatic N) is 2. The van der Waals surface area contributed by atoms with Crippen LogP contribution < -0.4 is 33.1 Å². The standard InChI is InChI=1S/C26H38N8O7S/c1-14(2)21-24(40)22(38)16-6-4-5-15(9-16)11-31-32-17(10-20(36)37)23(39)19(35)12-30-25(41)18(34(3)33-21)13-42-8-7-29-26(27)28/h4-6,9,14,17-18,21,31-33H,7-8,10-13H2,1-3H3,(H,30,41)(H,36,37)(H4,27,28,29)/t17-,18?,21-/m0/s1. The lowest BCUT2D eigenvalue weighted by atomic mass is 9.94. The summed E-state index contributed by atoms with van der Waals surface area (Å²) in [6.07, 6.45) is -0.698. The number of aliphatic imine (C=N–C) groups is 1. The average molecular weight is 607 g/mol. The number of likely N-dealkylation sites (N-methyl/N-ethyl adjacent to an activating group) is 1. The first-order valence-corrected chi connectivity index (χ1v) is 14.3. The van der Waals surface area contributed by atoms with E-state index in [0.717, 1.165) is 0 Å². The number of rotatable bonds is 8. The molecule has 0 aromatic heterocycles. The topological polar surface area (TPSA) is 238 Å². The number of carboxylic acids is 1. The van der Waals surface area contributed by atoms with Crippen LogP contribution in [0.2, 0.25) is 0 Å². The molecule has 1 aromatic carbocycles. The third-order valence-corrected chi connectivity index (χ3v) is 7.27. The quantitative estimate of drug-likeness (QED) is 0.0732. The summed E-state index contributed by atoms with van der Waals surface area (Å²) < 4.78 is 0. The summed E-state index contributed by atoms with van der Waals surface area (Å²) >= 11 is 1.32. The van der Waals surface area contributed by atoms with Gasteiger partial charge >= 0.3 is 5.97 Å². The van der Waals surface area contributed by atoms with Crippen molar-refractivity contribution in [1.82, 2.24) is 26.6 Å². The van der Waals surface area contributed by atoms with Gasteiger partial charge in [0.25, 0.3) is 0 Å². The molecule has 9 N–H and O–H groups in total. The number of benzene rings is 1. The van der Waals surface area contributed by atoms with Gasteiger partial charge in [0.2, 0.25) is 29.0 Å². The number of aliphatic carboxylic acids is 1. The molecule has 0 fully saturated rings.